The molecule has 1 aliphatic heterocycles. The molecule has 2 aliphatic rings. The normalized spacial score (nSPS) is 20.0. The number of benzene rings is 1. The van der Waals surface area contributed by atoms with Crippen LogP contribution in [-0.4, -0.2) is 34.8 Å². The molecule has 1 saturated heterocycles. The molecule has 1 aliphatic carbocycles. The van der Waals surface area contributed by atoms with Gasteiger partial charge in [0.05, 0.1) is 6.04 Å². The molecule has 6 nitrogen and oxygen atoms in total. The van der Waals surface area contributed by atoms with Gasteiger partial charge in [0.1, 0.15) is 5.54 Å². The van der Waals surface area contributed by atoms with Gasteiger partial charge in [0.25, 0.3) is 5.91 Å². The van der Waals surface area contributed by atoms with Crippen LogP contribution in [0.2, 0.25) is 0 Å². The maximum absolute atomic E-state index is 12.6. The van der Waals surface area contributed by atoms with Gasteiger partial charge in [-0.1, -0.05) is 37.1 Å². The monoisotopic (exact) mass is 343 g/mol. The predicted octanol–water partition coefficient (Wildman–Crippen LogP) is 2.43. The van der Waals surface area contributed by atoms with Crippen LogP contribution < -0.4 is 10.6 Å². The average molecular weight is 343 g/mol. The molecule has 4 amide bonds. The first-order valence-electron chi connectivity index (χ1n) is 8.92. The number of urea groups is 1. The van der Waals surface area contributed by atoms with Crippen LogP contribution in [0.25, 0.3) is 0 Å². The van der Waals surface area contributed by atoms with Gasteiger partial charge >= 0.3 is 6.03 Å². The molecule has 1 aromatic rings. The van der Waals surface area contributed by atoms with Crippen molar-refractivity contribution in [2.75, 3.05) is 6.54 Å². The molecule has 6 heteroatoms. The summed E-state index contributed by atoms with van der Waals surface area (Å²) in [6.45, 7) is 4.06. The van der Waals surface area contributed by atoms with Gasteiger partial charge in [-0.25, -0.2) is 4.79 Å². The molecule has 0 radical (unpaired) electrons. The summed E-state index contributed by atoms with van der Waals surface area (Å²) in [6.07, 6.45) is 3.42. The Kier molecular flexibility index (Phi) is 4.79. The first kappa shape index (κ1) is 17.5. The van der Waals surface area contributed by atoms with E-state index < -0.39 is 5.54 Å². The second-order valence-corrected chi connectivity index (χ2v) is 7.07. The summed E-state index contributed by atoms with van der Waals surface area (Å²) in [7, 11) is 0. The van der Waals surface area contributed by atoms with E-state index in [0.717, 1.165) is 24.0 Å². The van der Waals surface area contributed by atoms with Crippen molar-refractivity contribution in [2.24, 2.45) is 0 Å². The number of carbonyl (C=O) groups excluding carboxylic acids is 3. The number of rotatable bonds is 5. The summed E-state index contributed by atoms with van der Waals surface area (Å²) in [6, 6.07) is 7.42. The molecule has 1 spiro atoms. The molecular weight excluding hydrogens is 318 g/mol. The molecule has 25 heavy (non-hydrogen) atoms. The number of carbonyl (C=O) groups is 3. The van der Waals surface area contributed by atoms with E-state index in [1.54, 1.807) is 0 Å². The van der Waals surface area contributed by atoms with Gasteiger partial charge in [-0.15, -0.1) is 0 Å². The topological polar surface area (TPSA) is 78.5 Å². The minimum absolute atomic E-state index is 0.113. The standard InChI is InChI=1S/C19H25N3O3/c1-13-7-3-4-8-15(13)14(2)20-16(23)9-12-22-17(24)19(21-18(22)25)10-5-6-11-19/h3-4,7-8,14H,5-6,9-12H2,1-2H3,(H,20,23)(H,21,25)/t14-/m0/s1. The van der Waals surface area contributed by atoms with Gasteiger partial charge in [-0.2, -0.15) is 0 Å². The molecule has 2 N–H and O–H groups in total. The number of hydrogen-bond acceptors (Lipinski definition) is 3. The first-order valence-corrected chi connectivity index (χ1v) is 8.92. The Morgan fingerprint density at radius 3 is 2.64 bits per heavy atom. The molecule has 0 aromatic heterocycles. The second-order valence-electron chi connectivity index (χ2n) is 7.07. The Bertz CT molecular complexity index is 695. The zero-order valence-corrected chi connectivity index (χ0v) is 14.8. The third-order valence-electron chi connectivity index (χ3n) is 5.30. The number of amides is 4. The molecule has 1 atom stereocenters. The van der Waals surface area contributed by atoms with Gasteiger partial charge in [0.15, 0.2) is 0 Å². The summed E-state index contributed by atoms with van der Waals surface area (Å²) >= 11 is 0. The quantitative estimate of drug-likeness (QED) is 0.806. The smallest absolute Gasteiger partial charge is 0.325 e. The predicted molar refractivity (Wildman–Crippen MR) is 93.8 cm³/mol. The number of nitrogens with zero attached hydrogens (tertiary/aromatic N) is 1. The van der Waals surface area contributed by atoms with E-state index in [9.17, 15) is 14.4 Å². The summed E-state index contributed by atoms with van der Waals surface area (Å²) in [4.78, 5) is 38.1. The third-order valence-corrected chi connectivity index (χ3v) is 5.30. The van der Waals surface area contributed by atoms with Crippen molar-refractivity contribution in [1.29, 1.82) is 0 Å². The Hall–Kier alpha value is -2.37. The first-order chi connectivity index (χ1) is 11.9. The average Bonchev–Trinajstić information content (AvgIpc) is 3.12. The lowest BCUT2D eigenvalue weighted by molar-refractivity contribution is -0.131. The van der Waals surface area contributed by atoms with Crippen molar-refractivity contribution < 1.29 is 14.4 Å². The van der Waals surface area contributed by atoms with Crippen LogP contribution in [0.3, 0.4) is 0 Å². The van der Waals surface area contributed by atoms with E-state index in [4.69, 9.17) is 0 Å². The largest absolute Gasteiger partial charge is 0.350 e. The molecule has 2 fully saturated rings. The SMILES string of the molecule is Cc1ccccc1[C@H](C)NC(=O)CCN1C(=O)NC2(CCCC2)C1=O. The zero-order valence-electron chi connectivity index (χ0n) is 14.8. The van der Waals surface area contributed by atoms with E-state index in [2.05, 4.69) is 10.6 Å². The highest BCUT2D eigenvalue weighted by atomic mass is 16.2. The molecule has 1 aromatic carbocycles. The third kappa shape index (κ3) is 3.38. The van der Waals surface area contributed by atoms with Crippen LogP contribution >= 0.6 is 0 Å². The Balaban J connectivity index is 1.55. The van der Waals surface area contributed by atoms with E-state index in [1.165, 1.54) is 4.90 Å². The maximum atomic E-state index is 12.6. The second kappa shape index (κ2) is 6.86. The van der Waals surface area contributed by atoms with E-state index >= 15 is 0 Å². The molecule has 134 valence electrons. The molecule has 1 heterocycles. The lowest BCUT2D eigenvalue weighted by atomic mass is 9.98. The highest BCUT2D eigenvalue weighted by Gasteiger charge is 2.52. The van der Waals surface area contributed by atoms with Crippen molar-refractivity contribution in [3.8, 4) is 0 Å². The molecule has 0 bridgehead atoms. The highest BCUT2D eigenvalue weighted by molar-refractivity contribution is 6.07. The summed E-state index contributed by atoms with van der Waals surface area (Å²) in [5.74, 6) is -0.335. The zero-order chi connectivity index (χ0) is 18.0. The fourth-order valence-corrected chi connectivity index (χ4v) is 3.87. The van der Waals surface area contributed by atoms with Crippen LogP contribution in [0.15, 0.2) is 24.3 Å². The highest BCUT2D eigenvalue weighted by Crippen LogP contribution is 2.35. The van der Waals surface area contributed by atoms with Crippen LogP contribution in [0.4, 0.5) is 4.79 Å². The Morgan fingerprint density at radius 2 is 1.96 bits per heavy atom. The van der Waals surface area contributed by atoms with Crippen molar-refractivity contribution in [3.63, 3.8) is 0 Å². The summed E-state index contributed by atoms with van der Waals surface area (Å²) in [5.41, 5.74) is 1.48. The van der Waals surface area contributed by atoms with Crippen molar-refractivity contribution in [3.05, 3.63) is 35.4 Å². The van der Waals surface area contributed by atoms with E-state index in [-0.39, 0.29) is 36.9 Å². The maximum Gasteiger partial charge on any atom is 0.325 e. The molecule has 3 rings (SSSR count). The molecule has 0 unspecified atom stereocenters. The minimum atomic E-state index is -0.706. The molecule has 1 saturated carbocycles. The van der Waals surface area contributed by atoms with Crippen LogP contribution in [0.5, 0.6) is 0 Å². The lowest BCUT2D eigenvalue weighted by Gasteiger charge is -2.20. The van der Waals surface area contributed by atoms with Crippen LogP contribution in [0, 0.1) is 6.92 Å². The van der Waals surface area contributed by atoms with Gasteiger partial charge < -0.3 is 10.6 Å². The van der Waals surface area contributed by atoms with E-state index in [0.29, 0.717) is 12.8 Å². The minimum Gasteiger partial charge on any atom is -0.350 e. The number of imide groups is 1. The van der Waals surface area contributed by atoms with Crippen LogP contribution in [-0.2, 0) is 9.59 Å². The van der Waals surface area contributed by atoms with E-state index in [1.807, 2.05) is 38.1 Å². The number of aryl methyl sites for hydroxylation is 1. The fraction of sp³-hybridized carbons (Fsp3) is 0.526. The van der Waals surface area contributed by atoms with Gasteiger partial charge in [-0.3, -0.25) is 14.5 Å². The Labute approximate surface area is 148 Å². The lowest BCUT2D eigenvalue weighted by Crippen LogP contribution is -2.44. The summed E-state index contributed by atoms with van der Waals surface area (Å²) in [5, 5.41) is 5.78. The fourth-order valence-electron chi connectivity index (χ4n) is 3.87. The van der Waals surface area contributed by atoms with Crippen molar-refractivity contribution >= 4 is 17.8 Å². The van der Waals surface area contributed by atoms with Crippen LogP contribution in [0.1, 0.15) is 56.2 Å². The molecular formula is C19H25N3O3. The van der Waals surface area contributed by atoms with Crippen molar-refractivity contribution in [2.45, 2.75) is 57.5 Å². The number of nitrogens with one attached hydrogen (secondary N) is 2. The number of hydrogen-bond donors (Lipinski definition) is 2. The van der Waals surface area contributed by atoms with Gasteiger partial charge in [-0.05, 0) is 37.8 Å². The summed E-state index contributed by atoms with van der Waals surface area (Å²) < 4.78 is 0. The Morgan fingerprint density at radius 1 is 1.28 bits per heavy atom. The van der Waals surface area contributed by atoms with Gasteiger partial charge in [0.2, 0.25) is 5.91 Å². The van der Waals surface area contributed by atoms with Gasteiger partial charge in [0, 0.05) is 13.0 Å². The van der Waals surface area contributed by atoms with Crippen molar-refractivity contribution in [1.82, 2.24) is 15.5 Å².